The van der Waals surface area contributed by atoms with Crippen LogP contribution in [0.25, 0.3) is 11.1 Å². The summed E-state index contributed by atoms with van der Waals surface area (Å²) in [7, 11) is 0. The van der Waals surface area contributed by atoms with Gasteiger partial charge in [0, 0.05) is 18.8 Å². The molecule has 0 radical (unpaired) electrons. The average molecular weight is 270 g/mol. The van der Waals surface area contributed by atoms with Crippen molar-refractivity contribution in [3.63, 3.8) is 0 Å². The number of carbonyl (C=O) groups is 2. The van der Waals surface area contributed by atoms with Crippen LogP contribution < -0.4 is 16.8 Å². The molecule has 0 bridgehead atoms. The van der Waals surface area contributed by atoms with E-state index in [1.54, 1.807) is 30.3 Å². The molecule has 0 atom stereocenters. The molecule has 2 rings (SSSR count). The summed E-state index contributed by atoms with van der Waals surface area (Å²) in [6, 6.07) is 8.68. The lowest BCUT2D eigenvalue weighted by atomic mass is 10.0. The molecular weight excluding hydrogens is 256 g/mol. The zero-order valence-electron chi connectivity index (χ0n) is 10.9. The lowest BCUT2D eigenvalue weighted by molar-refractivity contribution is -0.114. The van der Waals surface area contributed by atoms with Gasteiger partial charge in [0.25, 0.3) is 5.91 Å². The number of amides is 2. The maximum absolute atomic E-state index is 11.5. The summed E-state index contributed by atoms with van der Waals surface area (Å²) in [4.78, 5) is 26.3. The molecule has 6 nitrogen and oxygen atoms in total. The van der Waals surface area contributed by atoms with Crippen LogP contribution in [0.2, 0.25) is 0 Å². The number of primary amides is 1. The Morgan fingerprint density at radius 1 is 1.15 bits per heavy atom. The number of hydrogen-bond acceptors (Lipinski definition) is 4. The second kappa shape index (κ2) is 5.40. The van der Waals surface area contributed by atoms with Gasteiger partial charge in [0.05, 0.1) is 5.56 Å². The third-order valence-electron chi connectivity index (χ3n) is 2.74. The van der Waals surface area contributed by atoms with Gasteiger partial charge in [-0.25, -0.2) is 4.98 Å². The summed E-state index contributed by atoms with van der Waals surface area (Å²) in [6.07, 6.45) is 1.51. The zero-order chi connectivity index (χ0) is 14.7. The normalized spacial score (nSPS) is 10.1. The van der Waals surface area contributed by atoms with Crippen molar-refractivity contribution in [1.82, 2.24) is 4.98 Å². The molecule has 0 saturated heterocycles. The monoisotopic (exact) mass is 270 g/mol. The molecule has 1 heterocycles. The lowest BCUT2D eigenvalue weighted by Gasteiger charge is -2.09. The van der Waals surface area contributed by atoms with Crippen LogP contribution in [0.3, 0.4) is 0 Å². The van der Waals surface area contributed by atoms with Gasteiger partial charge < -0.3 is 16.8 Å². The number of hydrogen-bond donors (Lipinski definition) is 3. The Labute approximate surface area is 115 Å². The van der Waals surface area contributed by atoms with Crippen LogP contribution in [0.5, 0.6) is 0 Å². The highest BCUT2D eigenvalue weighted by molar-refractivity contribution is 6.03. The number of nitrogens with two attached hydrogens (primary N) is 2. The molecule has 0 aliphatic rings. The number of aromatic nitrogens is 1. The molecule has 6 heteroatoms. The van der Waals surface area contributed by atoms with Crippen molar-refractivity contribution in [2.75, 3.05) is 11.1 Å². The number of nitrogens with one attached hydrogen (secondary N) is 1. The van der Waals surface area contributed by atoms with Crippen LogP contribution in [0.4, 0.5) is 11.5 Å². The van der Waals surface area contributed by atoms with Gasteiger partial charge in [-0.05, 0) is 29.3 Å². The number of nitrogens with zero attached hydrogens (tertiary/aromatic N) is 1. The van der Waals surface area contributed by atoms with E-state index in [1.807, 2.05) is 0 Å². The second-order valence-corrected chi connectivity index (χ2v) is 4.24. The molecule has 0 aliphatic carbocycles. The topological polar surface area (TPSA) is 111 Å². The van der Waals surface area contributed by atoms with Crippen molar-refractivity contribution in [2.45, 2.75) is 6.92 Å². The minimum atomic E-state index is -0.628. The molecule has 0 saturated carbocycles. The molecule has 2 amide bonds. The quantitative estimate of drug-likeness (QED) is 0.782. The lowest BCUT2D eigenvalue weighted by Crippen LogP contribution is -2.15. The van der Waals surface area contributed by atoms with Crippen molar-refractivity contribution in [3.8, 4) is 11.1 Å². The van der Waals surface area contributed by atoms with Gasteiger partial charge >= 0.3 is 0 Å². The Hall–Kier alpha value is -2.89. The van der Waals surface area contributed by atoms with Gasteiger partial charge in [-0.15, -0.1) is 0 Å². The van der Waals surface area contributed by atoms with E-state index in [9.17, 15) is 9.59 Å². The molecule has 1 aromatic heterocycles. The number of pyridine rings is 1. The number of rotatable bonds is 3. The fraction of sp³-hybridized carbons (Fsp3) is 0.0714. The molecule has 2 aromatic rings. The summed E-state index contributed by atoms with van der Waals surface area (Å²) in [5, 5.41) is 2.66. The third kappa shape index (κ3) is 2.74. The molecule has 0 fully saturated rings. The zero-order valence-corrected chi connectivity index (χ0v) is 10.9. The highest BCUT2D eigenvalue weighted by atomic mass is 16.1. The summed E-state index contributed by atoms with van der Waals surface area (Å²) in [6.45, 7) is 1.43. The Morgan fingerprint density at radius 2 is 1.80 bits per heavy atom. The number of carbonyl (C=O) groups excluding carboxylic acids is 2. The molecule has 20 heavy (non-hydrogen) atoms. The molecule has 0 unspecified atom stereocenters. The first-order valence-electron chi connectivity index (χ1n) is 5.91. The third-order valence-corrected chi connectivity index (χ3v) is 2.74. The van der Waals surface area contributed by atoms with E-state index >= 15 is 0 Å². The van der Waals surface area contributed by atoms with E-state index in [2.05, 4.69) is 10.3 Å². The molecule has 102 valence electrons. The summed E-state index contributed by atoms with van der Waals surface area (Å²) >= 11 is 0. The van der Waals surface area contributed by atoms with E-state index in [-0.39, 0.29) is 17.3 Å². The van der Waals surface area contributed by atoms with Gasteiger partial charge in [0.2, 0.25) is 5.91 Å². The van der Waals surface area contributed by atoms with Crippen molar-refractivity contribution in [3.05, 3.63) is 42.1 Å². The number of benzene rings is 1. The highest BCUT2D eigenvalue weighted by Crippen LogP contribution is 2.27. The molecule has 0 spiro atoms. The predicted octanol–water partition coefficient (Wildman–Crippen LogP) is 1.39. The Balaban J connectivity index is 2.44. The maximum Gasteiger partial charge on any atom is 0.253 e. The first-order chi connectivity index (χ1) is 9.49. The average Bonchev–Trinajstić information content (AvgIpc) is 2.38. The first-order valence-corrected chi connectivity index (χ1v) is 5.91. The number of nitrogen functional groups attached to an aromatic ring is 1. The van der Waals surface area contributed by atoms with Crippen molar-refractivity contribution in [1.29, 1.82) is 0 Å². The Bertz CT molecular complexity index is 665. The van der Waals surface area contributed by atoms with Gasteiger partial charge in [0.1, 0.15) is 5.82 Å². The summed E-state index contributed by atoms with van der Waals surface area (Å²) in [5.74, 6) is -0.679. The van der Waals surface area contributed by atoms with E-state index < -0.39 is 5.91 Å². The van der Waals surface area contributed by atoms with E-state index in [0.29, 0.717) is 11.3 Å². The smallest absolute Gasteiger partial charge is 0.253 e. The minimum Gasteiger partial charge on any atom is -0.383 e. The van der Waals surface area contributed by atoms with E-state index in [4.69, 9.17) is 11.5 Å². The second-order valence-electron chi connectivity index (χ2n) is 4.24. The van der Waals surface area contributed by atoms with Crippen LogP contribution in [-0.2, 0) is 4.79 Å². The van der Waals surface area contributed by atoms with Gasteiger partial charge in [-0.2, -0.15) is 0 Å². The van der Waals surface area contributed by atoms with Gasteiger partial charge in [-0.3, -0.25) is 9.59 Å². The summed E-state index contributed by atoms with van der Waals surface area (Å²) in [5.41, 5.74) is 13.3. The molecule has 1 aromatic carbocycles. The van der Waals surface area contributed by atoms with Gasteiger partial charge in [-0.1, -0.05) is 12.1 Å². The molecule has 0 aliphatic heterocycles. The van der Waals surface area contributed by atoms with Crippen LogP contribution in [0.1, 0.15) is 17.3 Å². The van der Waals surface area contributed by atoms with E-state index in [0.717, 1.165) is 5.56 Å². The molecular formula is C14H14N4O2. The predicted molar refractivity (Wildman–Crippen MR) is 76.9 cm³/mol. The van der Waals surface area contributed by atoms with Crippen molar-refractivity contribution in [2.24, 2.45) is 5.73 Å². The van der Waals surface area contributed by atoms with Crippen molar-refractivity contribution >= 4 is 23.3 Å². The SMILES string of the molecule is CC(=O)Nc1ccc(-c2ccnc(N)c2C(N)=O)cc1. The number of anilines is 2. The van der Waals surface area contributed by atoms with Gasteiger partial charge in [0.15, 0.2) is 0 Å². The van der Waals surface area contributed by atoms with E-state index in [1.165, 1.54) is 13.1 Å². The first kappa shape index (κ1) is 13.5. The van der Waals surface area contributed by atoms with Crippen LogP contribution in [0.15, 0.2) is 36.5 Å². The standard InChI is InChI=1S/C14H14N4O2/c1-8(19)18-10-4-2-9(3-5-10)11-6-7-17-13(15)12(11)14(16)20/h2-7H,1H3,(H2,15,17)(H2,16,20)(H,18,19). The summed E-state index contributed by atoms with van der Waals surface area (Å²) < 4.78 is 0. The highest BCUT2D eigenvalue weighted by Gasteiger charge is 2.14. The largest absolute Gasteiger partial charge is 0.383 e. The van der Waals surface area contributed by atoms with Crippen LogP contribution in [0, 0.1) is 0 Å². The Kier molecular flexibility index (Phi) is 3.65. The fourth-order valence-electron chi connectivity index (χ4n) is 1.91. The Morgan fingerprint density at radius 3 is 2.35 bits per heavy atom. The van der Waals surface area contributed by atoms with Crippen LogP contribution >= 0.6 is 0 Å². The van der Waals surface area contributed by atoms with Crippen molar-refractivity contribution < 1.29 is 9.59 Å². The van der Waals surface area contributed by atoms with Crippen LogP contribution in [-0.4, -0.2) is 16.8 Å². The maximum atomic E-state index is 11.5. The minimum absolute atomic E-state index is 0.0981. The molecule has 5 N–H and O–H groups in total. The fourth-order valence-corrected chi connectivity index (χ4v) is 1.91.